The van der Waals surface area contributed by atoms with Crippen molar-refractivity contribution in [2.45, 2.75) is 46.3 Å². The first-order valence-corrected chi connectivity index (χ1v) is 6.45. The molecule has 18 heavy (non-hydrogen) atoms. The lowest BCUT2D eigenvalue weighted by atomic mass is 9.85. The second-order valence-corrected chi connectivity index (χ2v) is 6.48. The molecule has 0 radical (unpaired) electrons. The summed E-state index contributed by atoms with van der Waals surface area (Å²) in [7, 11) is 0. The van der Waals surface area contributed by atoms with Gasteiger partial charge in [0.15, 0.2) is 0 Å². The molecular weight excluding hydrogens is 232 g/mol. The van der Waals surface area contributed by atoms with Gasteiger partial charge in [0.1, 0.15) is 5.60 Å². The van der Waals surface area contributed by atoms with Crippen LogP contribution in [0.25, 0.3) is 0 Å². The Balaban J connectivity index is 2.61. The number of carbonyl (C=O) groups is 1. The molecule has 0 aromatic heterocycles. The van der Waals surface area contributed by atoms with Crippen molar-refractivity contribution in [3.8, 4) is 0 Å². The molecule has 1 aliphatic heterocycles. The monoisotopic (exact) mass is 258 g/mol. The average Bonchev–Trinajstić information content (AvgIpc) is 2.27. The van der Waals surface area contributed by atoms with Crippen LogP contribution in [0.5, 0.6) is 0 Å². The fraction of sp³-hybridized carbons (Fsp3) is 0.923. The summed E-state index contributed by atoms with van der Waals surface area (Å²) in [6, 6.07) is 0. The predicted octanol–water partition coefficient (Wildman–Crippen LogP) is 1.61. The lowest BCUT2D eigenvalue weighted by Crippen LogP contribution is -2.53. The van der Waals surface area contributed by atoms with Gasteiger partial charge in [0.05, 0.1) is 19.3 Å². The highest BCUT2D eigenvalue weighted by molar-refractivity contribution is 5.68. The molecule has 0 saturated carbocycles. The second-order valence-electron chi connectivity index (χ2n) is 6.48. The molecule has 5 heteroatoms. The molecular formula is C13H26N2O3. The van der Waals surface area contributed by atoms with Crippen molar-refractivity contribution >= 4 is 6.09 Å². The quantitative estimate of drug-likeness (QED) is 0.817. The summed E-state index contributed by atoms with van der Waals surface area (Å²) >= 11 is 0. The average molecular weight is 258 g/mol. The van der Waals surface area contributed by atoms with Gasteiger partial charge in [0.2, 0.25) is 0 Å². The molecule has 0 aromatic rings. The van der Waals surface area contributed by atoms with Gasteiger partial charge in [0.25, 0.3) is 0 Å². The lowest BCUT2D eigenvalue weighted by molar-refractivity contribution is -0.0840. The number of nitrogens with two attached hydrogens (primary N) is 1. The van der Waals surface area contributed by atoms with Crippen molar-refractivity contribution in [3.05, 3.63) is 0 Å². The van der Waals surface area contributed by atoms with Crippen LogP contribution in [-0.4, -0.2) is 48.9 Å². The molecule has 106 valence electrons. The first-order chi connectivity index (χ1) is 8.15. The lowest BCUT2D eigenvalue weighted by Gasteiger charge is -2.40. The third-order valence-electron chi connectivity index (χ3n) is 3.12. The van der Waals surface area contributed by atoms with E-state index in [1.165, 1.54) is 0 Å². The Labute approximate surface area is 110 Å². The number of nitrogens with zero attached hydrogens (tertiary/aromatic N) is 1. The predicted molar refractivity (Wildman–Crippen MR) is 70.4 cm³/mol. The summed E-state index contributed by atoms with van der Waals surface area (Å²) in [5.41, 5.74) is 5.14. The Morgan fingerprint density at radius 2 is 2.00 bits per heavy atom. The van der Waals surface area contributed by atoms with Crippen molar-refractivity contribution < 1.29 is 14.3 Å². The Morgan fingerprint density at radius 3 is 2.50 bits per heavy atom. The van der Waals surface area contributed by atoms with Crippen LogP contribution < -0.4 is 5.73 Å². The van der Waals surface area contributed by atoms with Crippen LogP contribution in [0.15, 0.2) is 0 Å². The molecule has 0 aliphatic carbocycles. The van der Waals surface area contributed by atoms with Crippen molar-refractivity contribution in [2.75, 3.05) is 26.2 Å². The summed E-state index contributed by atoms with van der Waals surface area (Å²) in [6.07, 6.45) is -0.313. The standard InChI is InChI=1S/C13H26N2O3/c1-12(2,3)18-11(16)15-6-7-17-10(8-15)13(4,5)9-14/h10H,6-9,14H2,1-5H3. The van der Waals surface area contributed by atoms with E-state index in [-0.39, 0.29) is 17.6 Å². The maximum atomic E-state index is 12.0. The van der Waals surface area contributed by atoms with E-state index in [9.17, 15) is 4.79 Å². The van der Waals surface area contributed by atoms with Gasteiger partial charge in [-0.15, -0.1) is 0 Å². The van der Waals surface area contributed by atoms with Crippen LogP contribution in [-0.2, 0) is 9.47 Å². The van der Waals surface area contributed by atoms with E-state index in [2.05, 4.69) is 13.8 Å². The summed E-state index contributed by atoms with van der Waals surface area (Å²) in [5.74, 6) is 0. The fourth-order valence-electron chi connectivity index (χ4n) is 1.75. The number of morpholine rings is 1. The van der Waals surface area contributed by atoms with Gasteiger partial charge in [-0.25, -0.2) is 4.79 Å². The highest BCUT2D eigenvalue weighted by atomic mass is 16.6. The Bertz CT molecular complexity index is 297. The van der Waals surface area contributed by atoms with E-state index in [4.69, 9.17) is 15.2 Å². The van der Waals surface area contributed by atoms with E-state index in [1.54, 1.807) is 4.90 Å². The van der Waals surface area contributed by atoms with Gasteiger partial charge < -0.3 is 20.1 Å². The second kappa shape index (κ2) is 5.45. The smallest absolute Gasteiger partial charge is 0.410 e. The van der Waals surface area contributed by atoms with Crippen molar-refractivity contribution in [2.24, 2.45) is 11.1 Å². The Kier molecular flexibility index (Phi) is 4.61. The molecule has 2 N–H and O–H groups in total. The molecule has 1 heterocycles. The highest BCUT2D eigenvalue weighted by Gasteiger charge is 2.36. The minimum atomic E-state index is -0.464. The third kappa shape index (κ3) is 4.14. The van der Waals surface area contributed by atoms with Gasteiger partial charge in [0, 0.05) is 12.0 Å². The first kappa shape index (κ1) is 15.2. The SMILES string of the molecule is CC(C)(C)OC(=O)N1CCOC(C(C)(C)CN)C1. The summed E-state index contributed by atoms with van der Waals surface area (Å²) in [6.45, 7) is 11.9. The number of ether oxygens (including phenoxy) is 2. The molecule has 0 bridgehead atoms. The molecule has 0 aromatic carbocycles. The van der Waals surface area contributed by atoms with Gasteiger partial charge in [-0.2, -0.15) is 0 Å². The van der Waals surface area contributed by atoms with E-state index < -0.39 is 5.60 Å². The molecule has 1 atom stereocenters. The zero-order valence-electron chi connectivity index (χ0n) is 12.2. The van der Waals surface area contributed by atoms with Crippen molar-refractivity contribution in [3.63, 3.8) is 0 Å². The number of rotatable bonds is 2. The summed E-state index contributed by atoms with van der Waals surface area (Å²) in [5, 5.41) is 0. The zero-order chi connectivity index (χ0) is 14.0. The maximum Gasteiger partial charge on any atom is 0.410 e. The Morgan fingerprint density at radius 1 is 1.39 bits per heavy atom. The van der Waals surface area contributed by atoms with Gasteiger partial charge in [-0.3, -0.25) is 0 Å². The molecule has 5 nitrogen and oxygen atoms in total. The number of hydrogen-bond donors (Lipinski definition) is 1. The number of carbonyl (C=O) groups excluding carboxylic acids is 1. The van der Waals surface area contributed by atoms with E-state index >= 15 is 0 Å². The van der Waals surface area contributed by atoms with E-state index in [1.807, 2.05) is 20.8 Å². The van der Waals surface area contributed by atoms with Crippen LogP contribution in [0, 0.1) is 5.41 Å². The Hall–Kier alpha value is -0.810. The van der Waals surface area contributed by atoms with Crippen molar-refractivity contribution in [1.82, 2.24) is 4.90 Å². The molecule has 1 rings (SSSR count). The summed E-state index contributed by atoms with van der Waals surface area (Å²) < 4.78 is 11.1. The number of hydrogen-bond acceptors (Lipinski definition) is 4. The van der Waals surface area contributed by atoms with Crippen LogP contribution >= 0.6 is 0 Å². The molecule has 0 spiro atoms. The van der Waals surface area contributed by atoms with E-state index in [0.717, 1.165) is 0 Å². The fourth-order valence-corrected chi connectivity index (χ4v) is 1.75. The van der Waals surface area contributed by atoms with Crippen molar-refractivity contribution in [1.29, 1.82) is 0 Å². The van der Waals surface area contributed by atoms with E-state index in [0.29, 0.717) is 26.2 Å². The van der Waals surface area contributed by atoms with Gasteiger partial charge >= 0.3 is 6.09 Å². The molecule has 1 amide bonds. The number of amides is 1. The van der Waals surface area contributed by atoms with Gasteiger partial charge in [-0.1, -0.05) is 13.8 Å². The minimum Gasteiger partial charge on any atom is -0.444 e. The molecule has 1 saturated heterocycles. The maximum absolute atomic E-state index is 12.0. The molecule has 1 aliphatic rings. The van der Waals surface area contributed by atoms with Crippen LogP contribution in [0.1, 0.15) is 34.6 Å². The first-order valence-electron chi connectivity index (χ1n) is 6.45. The molecule has 1 fully saturated rings. The normalized spacial score (nSPS) is 21.9. The minimum absolute atomic E-state index is 0.0382. The molecule has 1 unspecified atom stereocenters. The largest absolute Gasteiger partial charge is 0.444 e. The third-order valence-corrected chi connectivity index (χ3v) is 3.12. The van der Waals surface area contributed by atoms with Crippen LogP contribution in [0.2, 0.25) is 0 Å². The summed E-state index contributed by atoms with van der Waals surface area (Å²) in [4.78, 5) is 13.7. The zero-order valence-corrected chi connectivity index (χ0v) is 12.2. The van der Waals surface area contributed by atoms with Gasteiger partial charge in [-0.05, 0) is 27.3 Å². The van der Waals surface area contributed by atoms with Crippen LogP contribution in [0.4, 0.5) is 4.79 Å². The topological polar surface area (TPSA) is 64.8 Å². The highest BCUT2D eigenvalue weighted by Crippen LogP contribution is 2.25. The van der Waals surface area contributed by atoms with Crippen LogP contribution in [0.3, 0.4) is 0 Å².